The maximum absolute atomic E-state index is 4.87. The van der Waals surface area contributed by atoms with E-state index in [0.29, 0.717) is 0 Å². The molecule has 2 aliphatic rings. The van der Waals surface area contributed by atoms with E-state index in [4.69, 9.17) is 4.98 Å². The lowest BCUT2D eigenvalue weighted by Gasteiger charge is -2.09. The molecule has 2 heterocycles. The van der Waals surface area contributed by atoms with Gasteiger partial charge in [0.15, 0.2) is 0 Å². The van der Waals surface area contributed by atoms with Crippen LogP contribution in [0.5, 0.6) is 0 Å². The molecule has 0 unspecified atom stereocenters. The van der Waals surface area contributed by atoms with Crippen LogP contribution in [-0.4, -0.2) is 11.5 Å². The number of aromatic nitrogens is 1. The van der Waals surface area contributed by atoms with Crippen LogP contribution in [0.2, 0.25) is 0 Å². The number of fused-ring (bicyclic) bond motifs is 1. The van der Waals surface area contributed by atoms with Crippen LogP contribution in [-0.2, 0) is 13.0 Å². The number of benzene rings is 1. The van der Waals surface area contributed by atoms with Gasteiger partial charge in [-0.15, -0.1) is 11.3 Å². The molecule has 0 spiro atoms. The van der Waals surface area contributed by atoms with Crippen molar-refractivity contribution in [2.24, 2.45) is 0 Å². The van der Waals surface area contributed by atoms with Gasteiger partial charge in [0, 0.05) is 30.0 Å². The highest BCUT2D eigenvalue weighted by Gasteiger charge is 2.27. The van der Waals surface area contributed by atoms with Gasteiger partial charge in [-0.2, -0.15) is 0 Å². The highest BCUT2D eigenvalue weighted by molar-refractivity contribution is 7.15. The maximum Gasteiger partial charge on any atom is 0.124 e. The summed E-state index contributed by atoms with van der Waals surface area (Å²) in [5.74, 6) is 0.792. The average molecular weight is 256 g/mol. The molecule has 1 aromatic heterocycles. The van der Waals surface area contributed by atoms with Crippen LogP contribution in [0.4, 0.5) is 0 Å². The Bertz CT molecular complexity index is 560. The van der Waals surface area contributed by atoms with Crippen molar-refractivity contribution in [3.63, 3.8) is 0 Å². The summed E-state index contributed by atoms with van der Waals surface area (Å²) in [7, 11) is 0. The molecular formula is C15H16N2S. The third kappa shape index (κ3) is 1.78. The van der Waals surface area contributed by atoms with Crippen LogP contribution in [0.25, 0.3) is 10.6 Å². The van der Waals surface area contributed by atoms with Gasteiger partial charge in [0.05, 0.1) is 5.69 Å². The van der Waals surface area contributed by atoms with E-state index in [1.54, 1.807) is 0 Å². The number of rotatable bonds is 2. The molecule has 2 aromatic rings. The van der Waals surface area contributed by atoms with E-state index in [1.165, 1.54) is 39.5 Å². The van der Waals surface area contributed by atoms with Crippen molar-refractivity contribution in [2.45, 2.75) is 31.7 Å². The van der Waals surface area contributed by atoms with Crippen LogP contribution in [0.3, 0.4) is 0 Å². The molecule has 1 N–H and O–H groups in total. The van der Waals surface area contributed by atoms with Crippen LogP contribution in [0.15, 0.2) is 24.3 Å². The summed E-state index contributed by atoms with van der Waals surface area (Å²) in [5.41, 5.74) is 4.20. The van der Waals surface area contributed by atoms with Gasteiger partial charge in [-0.25, -0.2) is 4.98 Å². The first-order valence-corrected chi connectivity index (χ1v) is 7.52. The van der Waals surface area contributed by atoms with Gasteiger partial charge < -0.3 is 5.32 Å². The Morgan fingerprint density at radius 3 is 2.94 bits per heavy atom. The maximum atomic E-state index is 4.87. The van der Waals surface area contributed by atoms with E-state index in [-0.39, 0.29) is 0 Å². The Kier molecular flexibility index (Phi) is 2.49. The quantitative estimate of drug-likeness (QED) is 0.891. The third-order valence-corrected chi connectivity index (χ3v) is 4.94. The molecule has 18 heavy (non-hydrogen) atoms. The lowest BCUT2D eigenvalue weighted by molar-refractivity contribution is 0.644. The average Bonchev–Trinajstić information content (AvgIpc) is 3.17. The molecular weight excluding hydrogens is 240 g/mol. The summed E-state index contributed by atoms with van der Waals surface area (Å²) in [5, 5.41) is 4.65. The van der Waals surface area contributed by atoms with E-state index in [1.807, 2.05) is 11.3 Å². The molecule has 4 rings (SSSR count). The largest absolute Gasteiger partial charge is 0.311 e. The number of hydrogen-bond donors (Lipinski definition) is 1. The molecule has 1 aromatic carbocycles. The predicted molar refractivity (Wildman–Crippen MR) is 74.9 cm³/mol. The zero-order valence-corrected chi connectivity index (χ0v) is 11.1. The molecule has 2 nitrogen and oxygen atoms in total. The van der Waals surface area contributed by atoms with Crippen molar-refractivity contribution in [1.82, 2.24) is 10.3 Å². The van der Waals surface area contributed by atoms with Crippen molar-refractivity contribution >= 4 is 11.3 Å². The fraction of sp³-hybridized carbons (Fsp3) is 0.400. The molecule has 0 amide bonds. The standard InChI is InChI=1S/C15H16N2S/c1-2-4-12(11(3-1)10-5-6-10)15-17-13-7-8-16-9-14(13)18-15/h1-4,10,16H,5-9H2. The highest BCUT2D eigenvalue weighted by atomic mass is 32.1. The van der Waals surface area contributed by atoms with Crippen LogP contribution in [0, 0.1) is 0 Å². The normalized spacial score (nSPS) is 18.7. The zero-order valence-electron chi connectivity index (χ0n) is 10.3. The second-order valence-corrected chi connectivity index (χ2v) is 6.26. The fourth-order valence-corrected chi connectivity index (χ4v) is 3.81. The van der Waals surface area contributed by atoms with Crippen molar-refractivity contribution in [2.75, 3.05) is 6.54 Å². The summed E-state index contributed by atoms with van der Waals surface area (Å²) in [4.78, 5) is 6.30. The van der Waals surface area contributed by atoms with Crippen molar-refractivity contribution in [3.05, 3.63) is 40.4 Å². The summed E-state index contributed by atoms with van der Waals surface area (Å²) in [6.07, 6.45) is 3.78. The van der Waals surface area contributed by atoms with Gasteiger partial charge in [0.25, 0.3) is 0 Å². The molecule has 0 saturated heterocycles. The molecule has 1 aliphatic carbocycles. The molecule has 92 valence electrons. The Balaban J connectivity index is 1.80. The van der Waals surface area contributed by atoms with Gasteiger partial charge in [-0.1, -0.05) is 24.3 Å². The molecule has 0 radical (unpaired) electrons. The van der Waals surface area contributed by atoms with Gasteiger partial charge in [-0.05, 0) is 24.3 Å². The van der Waals surface area contributed by atoms with Crippen LogP contribution >= 0.6 is 11.3 Å². The Morgan fingerprint density at radius 1 is 1.22 bits per heavy atom. The summed E-state index contributed by atoms with van der Waals surface area (Å²) >= 11 is 1.87. The first kappa shape index (κ1) is 10.7. The molecule has 1 fully saturated rings. The fourth-order valence-electron chi connectivity index (χ4n) is 2.68. The van der Waals surface area contributed by atoms with Crippen LogP contribution in [0.1, 0.15) is 34.9 Å². The topological polar surface area (TPSA) is 24.9 Å². The predicted octanol–water partition coefficient (Wildman–Crippen LogP) is 3.33. The lowest BCUT2D eigenvalue weighted by atomic mass is 10.0. The number of thiazole rings is 1. The van der Waals surface area contributed by atoms with Gasteiger partial charge in [0.1, 0.15) is 5.01 Å². The number of nitrogens with zero attached hydrogens (tertiary/aromatic N) is 1. The van der Waals surface area contributed by atoms with Crippen LogP contribution < -0.4 is 5.32 Å². The zero-order chi connectivity index (χ0) is 11.9. The van der Waals surface area contributed by atoms with Crippen molar-refractivity contribution < 1.29 is 0 Å². The van der Waals surface area contributed by atoms with E-state index in [0.717, 1.165) is 25.4 Å². The number of hydrogen-bond acceptors (Lipinski definition) is 3. The molecule has 1 saturated carbocycles. The van der Waals surface area contributed by atoms with Crippen molar-refractivity contribution in [1.29, 1.82) is 0 Å². The SMILES string of the molecule is c1ccc(C2CC2)c(-c2nc3c(s2)CNCC3)c1. The summed E-state index contributed by atoms with van der Waals surface area (Å²) in [6.45, 7) is 2.07. The van der Waals surface area contributed by atoms with Crippen molar-refractivity contribution in [3.8, 4) is 10.6 Å². The minimum atomic E-state index is 0.792. The second-order valence-electron chi connectivity index (χ2n) is 5.18. The van der Waals surface area contributed by atoms with E-state index in [9.17, 15) is 0 Å². The molecule has 3 heteroatoms. The van der Waals surface area contributed by atoms with E-state index < -0.39 is 0 Å². The monoisotopic (exact) mass is 256 g/mol. The first-order chi connectivity index (χ1) is 8.92. The minimum Gasteiger partial charge on any atom is -0.311 e. The Labute approximate surface area is 111 Å². The second kappa shape index (κ2) is 4.18. The Hall–Kier alpha value is -1.19. The third-order valence-electron chi connectivity index (χ3n) is 3.81. The minimum absolute atomic E-state index is 0.792. The molecule has 1 aliphatic heterocycles. The molecule has 0 bridgehead atoms. The van der Waals surface area contributed by atoms with Gasteiger partial charge in [-0.3, -0.25) is 0 Å². The summed E-state index contributed by atoms with van der Waals surface area (Å²) < 4.78 is 0. The van der Waals surface area contributed by atoms with Gasteiger partial charge in [0.2, 0.25) is 0 Å². The summed E-state index contributed by atoms with van der Waals surface area (Å²) in [6, 6.07) is 8.82. The first-order valence-electron chi connectivity index (χ1n) is 6.70. The van der Waals surface area contributed by atoms with E-state index >= 15 is 0 Å². The highest BCUT2D eigenvalue weighted by Crippen LogP contribution is 2.45. The smallest absolute Gasteiger partial charge is 0.124 e. The lowest BCUT2D eigenvalue weighted by Crippen LogP contribution is -2.22. The van der Waals surface area contributed by atoms with E-state index in [2.05, 4.69) is 29.6 Å². The van der Waals surface area contributed by atoms with Gasteiger partial charge >= 0.3 is 0 Å². The molecule has 0 atom stereocenters. The number of nitrogens with one attached hydrogen (secondary N) is 1. The Morgan fingerprint density at radius 2 is 2.11 bits per heavy atom.